The van der Waals surface area contributed by atoms with Crippen molar-refractivity contribution in [3.8, 4) is 0 Å². The molecule has 0 bridgehead atoms. The van der Waals surface area contributed by atoms with Gasteiger partial charge in [-0.05, 0) is 0 Å². The predicted octanol–water partition coefficient (Wildman–Crippen LogP) is -2.25. The van der Waals surface area contributed by atoms with Gasteiger partial charge >= 0.3 is 38.4 Å². The number of carbonyl (C=O) groups excluding carboxylic acids is 3. The van der Waals surface area contributed by atoms with Crippen LogP contribution in [-0.2, 0) is 13.9 Å². The average Bonchev–Trinajstić information content (AvgIpc) is 1.83. The fraction of sp³-hybridized carbons (Fsp3) is 0. The maximum absolute atomic E-state index is 9.78. The molecule has 0 rings (SSSR count). The summed E-state index contributed by atoms with van der Waals surface area (Å²) in [7, 11) is 0. The van der Waals surface area contributed by atoms with Gasteiger partial charge in [0, 0.05) is 0 Å². The molecule has 0 aromatic heterocycles. The minimum atomic E-state index is -2.51. The van der Waals surface area contributed by atoms with Crippen LogP contribution >= 0.6 is 0 Å². The van der Waals surface area contributed by atoms with Gasteiger partial charge in [-0.25, -0.2) is 4.79 Å². The summed E-state index contributed by atoms with van der Waals surface area (Å²) in [5.74, 6) is 0. The van der Waals surface area contributed by atoms with Gasteiger partial charge in [0.2, 0.25) is 0 Å². The SMILES string of the molecule is N.O=C([O-])OC(=O)OC(=O)[O-].[O]=[U+2]=[O]. The number of carbonyl (C=O) groups is 3. The second kappa shape index (κ2) is 11.8. The van der Waals surface area contributed by atoms with Crippen molar-refractivity contribution in [2.75, 3.05) is 0 Å². The second-order valence-electron chi connectivity index (χ2n) is 1.04. The Morgan fingerprint density at radius 2 is 1.14 bits per heavy atom. The Balaban J connectivity index is -0.000000267. The zero-order chi connectivity index (χ0) is 10.9. The molecule has 0 amide bonds. The molecule has 0 aliphatic rings. The van der Waals surface area contributed by atoms with Crippen LogP contribution in [-0.4, -0.2) is 18.5 Å². The standard InChI is InChI=1S/C3H2O7.H3N.2O.U/c4-1(5)9-3(8)10-2(6)7;;;;/h(H,4,5)(H,6,7);1H3;;;/q;;;;+2/p-2. The van der Waals surface area contributed by atoms with E-state index in [0.29, 0.717) is 0 Å². The van der Waals surface area contributed by atoms with E-state index in [-0.39, 0.29) is 6.15 Å². The molecule has 0 radical (unpaired) electrons. The van der Waals surface area contributed by atoms with Gasteiger partial charge in [0.05, 0.1) is 0 Å². The van der Waals surface area contributed by atoms with Crippen molar-refractivity contribution in [3.05, 3.63) is 0 Å². The van der Waals surface area contributed by atoms with Crippen molar-refractivity contribution in [3.63, 3.8) is 0 Å². The number of hydrogen-bond acceptors (Lipinski definition) is 10. The van der Waals surface area contributed by atoms with Crippen LogP contribution in [0.25, 0.3) is 0 Å². The van der Waals surface area contributed by atoms with Gasteiger partial charge in [-0.1, -0.05) is 0 Å². The first-order valence-electron chi connectivity index (χ1n) is 2.25. The van der Waals surface area contributed by atoms with Crippen molar-refractivity contribution in [1.82, 2.24) is 6.15 Å². The van der Waals surface area contributed by atoms with E-state index in [1.165, 1.54) is 0 Å². The predicted molar refractivity (Wildman–Crippen MR) is 24.8 cm³/mol. The third kappa shape index (κ3) is 22.4. The molecule has 0 fully saturated rings. The van der Waals surface area contributed by atoms with Crippen LogP contribution in [0.2, 0.25) is 0 Å². The summed E-state index contributed by atoms with van der Waals surface area (Å²) >= 11 is -2.51. The Hall–Kier alpha value is -1.18. The van der Waals surface area contributed by atoms with Crippen molar-refractivity contribution in [1.29, 1.82) is 0 Å². The first kappa shape index (κ1) is 18.6. The molecular formula is C3H3NO9U. The van der Waals surface area contributed by atoms with Crippen molar-refractivity contribution >= 4 is 18.5 Å². The van der Waals surface area contributed by atoms with Crippen molar-refractivity contribution in [2.24, 2.45) is 0 Å². The van der Waals surface area contributed by atoms with Gasteiger partial charge in [-0.3, -0.25) is 0 Å². The molecule has 0 aliphatic carbocycles. The van der Waals surface area contributed by atoms with E-state index in [2.05, 4.69) is 9.47 Å². The third-order valence-electron chi connectivity index (χ3n) is 0.333. The van der Waals surface area contributed by atoms with E-state index in [1.807, 2.05) is 0 Å². The molecule has 10 nitrogen and oxygen atoms in total. The maximum atomic E-state index is 9.78. The summed E-state index contributed by atoms with van der Waals surface area (Å²) in [5, 5.41) is 18.7. The first-order valence-corrected chi connectivity index (χ1v) is 5.65. The summed E-state index contributed by atoms with van der Waals surface area (Å²) in [4.78, 5) is 28.5. The molecular weight excluding hydrogens is 432 g/mol. The molecule has 3 N–H and O–H groups in total. The molecule has 0 aliphatic heterocycles. The van der Waals surface area contributed by atoms with E-state index < -0.39 is 46.3 Å². The average molecular weight is 435 g/mol. The van der Waals surface area contributed by atoms with Crippen LogP contribution in [0.1, 0.15) is 0 Å². The second-order valence-corrected chi connectivity index (χ2v) is 1.73. The van der Waals surface area contributed by atoms with E-state index in [1.54, 1.807) is 0 Å². The molecule has 14 heavy (non-hydrogen) atoms. The zero-order valence-corrected chi connectivity index (χ0v) is 10.5. The monoisotopic (exact) mass is 435 g/mol. The van der Waals surface area contributed by atoms with Gasteiger partial charge in [-0.2, -0.15) is 0 Å². The number of hydrogen-bond donors (Lipinski definition) is 1. The number of ether oxygens (including phenoxy) is 2. The third-order valence-corrected chi connectivity index (χ3v) is 0.333. The fourth-order valence-electron chi connectivity index (χ4n) is 0.157. The van der Waals surface area contributed by atoms with Crippen LogP contribution in [0.5, 0.6) is 0 Å². The normalized spacial score (nSPS) is 6.29. The Bertz CT molecular complexity index is 224. The Morgan fingerprint density at radius 1 is 0.929 bits per heavy atom. The number of rotatable bonds is 0. The molecule has 78 valence electrons. The van der Waals surface area contributed by atoms with Crippen LogP contribution in [0.4, 0.5) is 14.4 Å². The quantitative estimate of drug-likeness (QED) is 0.322. The molecule has 0 heterocycles. The van der Waals surface area contributed by atoms with Gasteiger partial charge in [0.25, 0.3) is 12.3 Å². The molecule has 0 aromatic rings. The van der Waals surface area contributed by atoms with Crippen LogP contribution in [0, 0.1) is 27.8 Å². The van der Waals surface area contributed by atoms with Crippen molar-refractivity contribution in [2.45, 2.75) is 0 Å². The number of carboxylic acid groups (broad SMARTS) is 2. The minimum absolute atomic E-state index is 0. The molecule has 0 saturated heterocycles. The van der Waals surface area contributed by atoms with Gasteiger partial charge in [0.1, 0.15) is 0 Å². The molecule has 0 aromatic carbocycles. The van der Waals surface area contributed by atoms with Gasteiger partial charge in [-0.15, -0.1) is 0 Å². The van der Waals surface area contributed by atoms with Crippen LogP contribution < -0.4 is 16.4 Å². The van der Waals surface area contributed by atoms with E-state index in [9.17, 15) is 24.6 Å². The van der Waals surface area contributed by atoms with E-state index in [4.69, 9.17) is 4.47 Å². The topological polar surface area (TPSA) is 185 Å². The van der Waals surface area contributed by atoms with E-state index >= 15 is 0 Å². The molecule has 0 spiro atoms. The summed E-state index contributed by atoms with van der Waals surface area (Å²) in [6.45, 7) is 0. The summed E-state index contributed by atoms with van der Waals surface area (Å²) in [5.41, 5.74) is 0. The Morgan fingerprint density at radius 3 is 1.29 bits per heavy atom. The first-order chi connectivity index (χ1) is 5.93. The Labute approximate surface area is 91.0 Å². The van der Waals surface area contributed by atoms with E-state index in [0.717, 1.165) is 0 Å². The zero-order valence-electron chi connectivity index (χ0n) is 6.38. The fourth-order valence-corrected chi connectivity index (χ4v) is 0.157. The van der Waals surface area contributed by atoms with Gasteiger partial charge in [0.15, 0.2) is 0 Å². The molecule has 0 atom stereocenters. The Kier molecular flexibility index (Phi) is 15.7. The van der Waals surface area contributed by atoms with Crippen LogP contribution in [0.3, 0.4) is 0 Å². The summed E-state index contributed by atoms with van der Waals surface area (Å²) in [6.07, 6.45) is -6.32. The summed E-state index contributed by atoms with van der Waals surface area (Å²) < 4.78 is 23.3. The van der Waals surface area contributed by atoms with Gasteiger partial charge < -0.3 is 35.4 Å². The van der Waals surface area contributed by atoms with Crippen molar-refractivity contribution < 1.29 is 66.4 Å². The van der Waals surface area contributed by atoms with Crippen LogP contribution in [0.15, 0.2) is 0 Å². The molecule has 0 saturated carbocycles. The summed E-state index contributed by atoms with van der Waals surface area (Å²) in [6, 6.07) is 0. The molecule has 11 heteroatoms. The molecule has 0 unspecified atom stereocenters.